The number of amides is 1. The van der Waals surface area contributed by atoms with Crippen molar-refractivity contribution in [2.45, 2.75) is 65.3 Å². The fourth-order valence-corrected chi connectivity index (χ4v) is 2.81. The van der Waals surface area contributed by atoms with Crippen LogP contribution in [0.15, 0.2) is 0 Å². The van der Waals surface area contributed by atoms with E-state index in [1.54, 1.807) is 13.8 Å². The van der Waals surface area contributed by atoms with E-state index in [0.717, 1.165) is 19.6 Å². The molecule has 2 N–H and O–H groups in total. The van der Waals surface area contributed by atoms with Crippen molar-refractivity contribution in [3.63, 3.8) is 0 Å². The van der Waals surface area contributed by atoms with E-state index in [-0.39, 0.29) is 24.0 Å². The molecule has 0 bridgehead atoms. The van der Waals surface area contributed by atoms with Gasteiger partial charge in [0.05, 0.1) is 18.2 Å². The summed E-state index contributed by atoms with van der Waals surface area (Å²) in [6, 6.07) is 2.24. The maximum Gasteiger partial charge on any atom is 0.238 e. The Labute approximate surface area is 140 Å². The highest BCUT2D eigenvalue weighted by molar-refractivity contribution is 5.82. The van der Waals surface area contributed by atoms with Crippen molar-refractivity contribution in [3.05, 3.63) is 0 Å². The van der Waals surface area contributed by atoms with Gasteiger partial charge in [-0.3, -0.25) is 14.6 Å². The van der Waals surface area contributed by atoms with E-state index in [1.165, 1.54) is 0 Å². The highest BCUT2D eigenvalue weighted by atomic mass is 16.3. The molecule has 1 heterocycles. The van der Waals surface area contributed by atoms with Gasteiger partial charge in [0, 0.05) is 32.2 Å². The van der Waals surface area contributed by atoms with Gasteiger partial charge in [-0.2, -0.15) is 5.26 Å². The molecule has 0 aliphatic carbocycles. The monoisotopic (exact) mass is 324 g/mol. The first-order chi connectivity index (χ1) is 10.6. The van der Waals surface area contributed by atoms with Gasteiger partial charge in [0.25, 0.3) is 0 Å². The van der Waals surface area contributed by atoms with Crippen molar-refractivity contribution in [1.82, 2.24) is 15.1 Å². The van der Waals surface area contributed by atoms with E-state index in [4.69, 9.17) is 0 Å². The van der Waals surface area contributed by atoms with Crippen molar-refractivity contribution in [2.24, 2.45) is 5.92 Å². The van der Waals surface area contributed by atoms with Gasteiger partial charge in [0.2, 0.25) is 5.91 Å². The maximum atomic E-state index is 12.5. The topological polar surface area (TPSA) is 79.6 Å². The molecule has 0 aromatic heterocycles. The van der Waals surface area contributed by atoms with E-state index in [0.29, 0.717) is 12.6 Å². The van der Waals surface area contributed by atoms with Gasteiger partial charge in [-0.1, -0.05) is 13.8 Å². The molecular weight excluding hydrogens is 292 g/mol. The van der Waals surface area contributed by atoms with Crippen molar-refractivity contribution >= 4 is 5.91 Å². The van der Waals surface area contributed by atoms with Crippen LogP contribution in [0.1, 0.15) is 41.5 Å². The zero-order chi connectivity index (χ0) is 17.8. The summed E-state index contributed by atoms with van der Waals surface area (Å²) in [5.74, 6) is -0.0515. The predicted molar refractivity (Wildman–Crippen MR) is 90.7 cm³/mol. The average molecular weight is 324 g/mol. The highest BCUT2D eigenvalue weighted by Crippen LogP contribution is 2.17. The largest absolute Gasteiger partial charge is 0.392 e. The van der Waals surface area contributed by atoms with Crippen LogP contribution in [0.3, 0.4) is 0 Å². The molecule has 0 radical (unpaired) electrons. The lowest BCUT2D eigenvalue weighted by atomic mass is 9.89. The first-order valence-corrected chi connectivity index (χ1v) is 8.50. The number of nitriles is 1. The third-order valence-corrected chi connectivity index (χ3v) is 4.99. The van der Waals surface area contributed by atoms with Crippen LogP contribution in [0.4, 0.5) is 0 Å². The van der Waals surface area contributed by atoms with E-state index >= 15 is 0 Å². The Morgan fingerprint density at radius 1 is 1.39 bits per heavy atom. The number of piperazine rings is 1. The number of aliphatic hydroxyl groups is 1. The molecule has 1 saturated heterocycles. The number of hydrogen-bond acceptors (Lipinski definition) is 5. The quantitative estimate of drug-likeness (QED) is 0.756. The van der Waals surface area contributed by atoms with E-state index in [2.05, 4.69) is 28.1 Å². The Morgan fingerprint density at radius 3 is 2.43 bits per heavy atom. The molecule has 0 saturated carbocycles. The molecule has 6 nitrogen and oxygen atoms in total. The van der Waals surface area contributed by atoms with Gasteiger partial charge in [-0.15, -0.1) is 0 Å². The normalized spacial score (nSPS) is 25.4. The molecule has 1 aliphatic rings. The van der Waals surface area contributed by atoms with Gasteiger partial charge in [0.1, 0.15) is 5.54 Å². The Morgan fingerprint density at radius 2 is 2.00 bits per heavy atom. The van der Waals surface area contributed by atoms with Crippen LogP contribution in [-0.2, 0) is 4.79 Å². The van der Waals surface area contributed by atoms with E-state index < -0.39 is 5.54 Å². The van der Waals surface area contributed by atoms with Crippen molar-refractivity contribution < 1.29 is 9.90 Å². The fourth-order valence-electron chi connectivity index (χ4n) is 2.81. The summed E-state index contributed by atoms with van der Waals surface area (Å²) in [6.07, 6.45) is -0.341. The van der Waals surface area contributed by atoms with Crippen LogP contribution in [-0.4, -0.2) is 70.7 Å². The number of nitrogens with zero attached hydrogens (tertiary/aromatic N) is 3. The lowest BCUT2D eigenvalue weighted by Crippen LogP contribution is -2.60. The lowest BCUT2D eigenvalue weighted by Gasteiger charge is -2.42. The van der Waals surface area contributed by atoms with Crippen LogP contribution < -0.4 is 5.32 Å². The van der Waals surface area contributed by atoms with Crippen LogP contribution >= 0.6 is 0 Å². The first-order valence-electron chi connectivity index (χ1n) is 8.50. The fraction of sp³-hybridized carbons (Fsp3) is 0.882. The predicted octanol–water partition coefficient (Wildman–Crippen LogP) is 0.816. The van der Waals surface area contributed by atoms with Crippen LogP contribution in [0.25, 0.3) is 0 Å². The summed E-state index contributed by atoms with van der Waals surface area (Å²) in [7, 11) is 0. The smallest absolute Gasteiger partial charge is 0.238 e. The molecule has 1 amide bonds. The minimum absolute atomic E-state index is 0.0467. The molecule has 0 spiro atoms. The highest BCUT2D eigenvalue weighted by Gasteiger charge is 2.35. The summed E-state index contributed by atoms with van der Waals surface area (Å²) < 4.78 is 0. The third kappa shape index (κ3) is 5.17. The standard InChI is InChI=1S/C17H32N4O2/c1-12(2)17(6,11-18)19-16(23)15(5)21-8-7-20(10-14(4)22)13(3)9-21/h12-15,22H,7-10H2,1-6H3,(H,19,23)/t13-,14-,15+,17+/m0/s1. The SMILES string of the molecule is CC(C)[C@@](C)(C#N)NC(=O)[C@@H](C)N1CCN(C[C@H](C)O)[C@@H](C)C1. The van der Waals surface area contributed by atoms with Crippen LogP contribution in [0.5, 0.6) is 0 Å². The summed E-state index contributed by atoms with van der Waals surface area (Å²) in [4.78, 5) is 16.9. The molecule has 0 aromatic rings. The Hall–Kier alpha value is -1.16. The Bertz CT molecular complexity index is 446. The minimum atomic E-state index is -0.842. The number of aliphatic hydroxyl groups excluding tert-OH is 1. The number of β-amino-alcohol motifs (C(OH)–C–C–N with tert-alkyl or cyclic N) is 1. The second-order valence-electron chi connectivity index (χ2n) is 7.32. The molecule has 4 atom stereocenters. The molecule has 6 heteroatoms. The van der Waals surface area contributed by atoms with Crippen molar-refractivity contribution in [3.8, 4) is 6.07 Å². The number of nitrogens with one attached hydrogen (secondary N) is 1. The molecule has 1 rings (SSSR count). The Kier molecular flexibility index (Phi) is 7.00. The van der Waals surface area contributed by atoms with Crippen molar-refractivity contribution in [2.75, 3.05) is 26.2 Å². The van der Waals surface area contributed by atoms with Crippen LogP contribution in [0.2, 0.25) is 0 Å². The van der Waals surface area contributed by atoms with Crippen molar-refractivity contribution in [1.29, 1.82) is 5.26 Å². The summed E-state index contributed by atoms with van der Waals surface area (Å²) in [5.41, 5.74) is -0.842. The first kappa shape index (κ1) is 19.9. The molecule has 0 aromatic carbocycles. The van der Waals surface area contributed by atoms with Gasteiger partial charge in [-0.05, 0) is 33.6 Å². The van der Waals surface area contributed by atoms with Gasteiger partial charge in [-0.25, -0.2) is 0 Å². The Balaban J connectivity index is 2.64. The number of carbonyl (C=O) groups is 1. The maximum absolute atomic E-state index is 12.5. The molecule has 1 aliphatic heterocycles. The molecule has 0 unspecified atom stereocenters. The summed E-state index contributed by atoms with van der Waals surface area (Å²) >= 11 is 0. The number of rotatable bonds is 6. The zero-order valence-corrected chi connectivity index (χ0v) is 15.3. The second kappa shape index (κ2) is 8.09. The zero-order valence-electron chi connectivity index (χ0n) is 15.3. The van der Waals surface area contributed by atoms with Crippen LogP contribution in [0, 0.1) is 17.2 Å². The number of carbonyl (C=O) groups excluding carboxylic acids is 1. The minimum Gasteiger partial charge on any atom is -0.392 e. The van der Waals surface area contributed by atoms with Gasteiger partial charge >= 0.3 is 0 Å². The molecular formula is C17H32N4O2. The molecule has 1 fully saturated rings. The van der Waals surface area contributed by atoms with E-state index in [9.17, 15) is 15.2 Å². The third-order valence-electron chi connectivity index (χ3n) is 4.99. The molecule has 23 heavy (non-hydrogen) atoms. The van der Waals surface area contributed by atoms with Gasteiger partial charge in [0.15, 0.2) is 0 Å². The van der Waals surface area contributed by atoms with Gasteiger partial charge < -0.3 is 10.4 Å². The average Bonchev–Trinajstić information content (AvgIpc) is 2.47. The second-order valence-corrected chi connectivity index (χ2v) is 7.32. The summed E-state index contributed by atoms with van der Waals surface area (Å²) in [5, 5.41) is 21.8. The lowest BCUT2D eigenvalue weighted by molar-refractivity contribution is -0.128. The molecule has 132 valence electrons. The summed E-state index contributed by atoms with van der Waals surface area (Å²) in [6.45, 7) is 14.5. The number of hydrogen-bond donors (Lipinski definition) is 2. The van der Waals surface area contributed by atoms with E-state index in [1.807, 2.05) is 20.8 Å².